The molecule has 5 N–H and O–H groups in total. The van der Waals surface area contributed by atoms with Crippen LogP contribution in [0.4, 0.5) is 20.2 Å². The molecule has 2 rings (SSSR count). The zero-order chi connectivity index (χ0) is 15.4. The van der Waals surface area contributed by atoms with Gasteiger partial charge in [-0.15, -0.1) is 0 Å². The summed E-state index contributed by atoms with van der Waals surface area (Å²) >= 11 is 0. The van der Waals surface area contributed by atoms with Gasteiger partial charge < -0.3 is 16.8 Å². The molecule has 0 spiro atoms. The molecule has 0 unspecified atom stereocenters. The van der Waals surface area contributed by atoms with E-state index in [-0.39, 0.29) is 11.3 Å². The number of carbonyl (C=O) groups excluding carboxylic acids is 1. The van der Waals surface area contributed by atoms with Crippen LogP contribution in [-0.4, -0.2) is 12.5 Å². The Morgan fingerprint density at radius 3 is 2.43 bits per heavy atom. The summed E-state index contributed by atoms with van der Waals surface area (Å²) in [7, 11) is 0. The van der Waals surface area contributed by atoms with Gasteiger partial charge >= 0.3 is 0 Å². The van der Waals surface area contributed by atoms with Crippen molar-refractivity contribution in [1.82, 2.24) is 0 Å². The third-order valence-electron chi connectivity index (χ3n) is 3.02. The van der Waals surface area contributed by atoms with Crippen molar-refractivity contribution in [2.45, 2.75) is 6.42 Å². The molecule has 0 aliphatic heterocycles. The summed E-state index contributed by atoms with van der Waals surface area (Å²) in [6, 6.07) is 8.26. The number of nitrogen functional groups attached to an aromatic ring is 1. The van der Waals surface area contributed by atoms with E-state index in [0.29, 0.717) is 24.2 Å². The maximum absolute atomic E-state index is 13.1. The molecule has 0 atom stereocenters. The number of benzene rings is 2. The van der Waals surface area contributed by atoms with Gasteiger partial charge in [0.25, 0.3) is 5.91 Å². The van der Waals surface area contributed by atoms with Crippen molar-refractivity contribution in [2.75, 3.05) is 17.6 Å². The molecular formula is C15H15F2N3O. The third kappa shape index (κ3) is 3.68. The van der Waals surface area contributed by atoms with Crippen molar-refractivity contribution in [1.29, 1.82) is 0 Å². The first kappa shape index (κ1) is 14.8. The molecule has 0 radical (unpaired) electrons. The van der Waals surface area contributed by atoms with Crippen LogP contribution in [0.2, 0.25) is 0 Å². The Kier molecular flexibility index (Phi) is 4.37. The quantitative estimate of drug-likeness (QED) is 0.739. The van der Waals surface area contributed by atoms with Crippen LogP contribution < -0.4 is 16.8 Å². The molecule has 110 valence electrons. The molecule has 0 aliphatic carbocycles. The number of para-hydroxylation sites is 1. The molecule has 21 heavy (non-hydrogen) atoms. The number of amides is 1. The monoisotopic (exact) mass is 291 g/mol. The lowest BCUT2D eigenvalue weighted by Crippen LogP contribution is -2.15. The number of halogens is 2. The van der Waals surface area contributed by atoms with Crippen LogP contribution >= 0.6 is 0 Å². The largest absolute Gasteiger partial charge is 0.396 e. The summed E-state index contributed by atoms with van der Waals surface area (Å²) in [5, 5.41) is 3.02. The van der Waals surface area contributed by atoms with Crippen molar-refractivity contribution >= 4 is 17.3 Å². The molecule has 0 aromatic heterocycles. The molecule has 2 aromatic rings. The molecule has 4 nitrogen and oxygen atoms in total. The number of hydrogen-bond donors (Lipinski definition) is 3. The standard InChI is InChI=1S/C15H15F2N3O/c16-10-6-9(7-11(17)8-10)4-5-20-13-3-1-2-12(14(13)18)15(19)21/h1-3,6-8,20H,4-5,18H2,(H2,19,21). The Balaban J connectivity index is 2.04. The van der Waals surface area contributed by atoms with Gasteiger partial charge in [0.1, 0.15) is 11.6 Å². The second-order valence-corrected chi connectivity index (χ2v) is 4.59. The zero-order valence-corrected chi connectivity index (χ0v) is 11.2. The summed E-state index contributed by atoms with van der Waals surface area (Å²) < 4.78 is 26.1. The zero-order valence-electron chi connectivity index (χ0n) is 11.2. The van der Waals surface area contributed by atoms with E-state index in [1.165, 1.54) is 18.2 Å². The fraction of sp³-hybridized carbons (Fsp3) is 0.133. The second-order valence-electron chi connectivity index (χ2n) is 4.59. The number of rotatable bonds is 5. The highest BCUT2D eigenvalue weighted by atomic mass is 19.1. The lowest BCUT2D eigenvalue weighted by atomic mass is 10.1. The smallest absolute Gasteiger partial charge is 0.250 e. The maximum Gasteiger partial charge on any atom is 0.250 e. The Bertz CT molecular complexity index is 654. The van der Waals surface area contributed by atoms with Crippen LogP contribution in [0.5, 0.6) is 0 Å². The van der Waals surface area contributed by atoms with Gasteiger partial charge in [-0.1, -0.05) is 6.07 Å². The van der Waals surface area contributed by atoms with Gasteiger partial charge in [0.2, 0.25) is 0 Å². The van der Waals surface area contributed by atoms with Crippen LogP contribution in [0, 0.1) is 11.6 Å². The molecule has 2 aromatic carbocycles. The molecular weight excluding hydrogens is 276 g/mol. The SMILES string of the molecule is NC(=O)c1cccc(NCCc2cc(F)cc(F)c2)c1N. The average molecular weight is 291 g/mol. The molecule has 0 heterocycles. The third-order valence-corrected chi connectivity index (χ3v) is 3.02. The van der Waals surface area contributed by atoms with Crippen LogP contribution in [0.15, 0.2) is 36.4 Å². The van der Waals surface area contributed by atoms with E-state index in [4.69, 9.17) is 11.5 Å². The number of hydrogen-bond acceptors (Lipinski definition) is 3. The molecule has 0 saturated carbocycles. The van der Waals surface area contributed by atoms with Crippen LogP contribution in [0.1, 0.15) is 15.9 Å². The highest BCUT2D eigenvalue weighted by molar-refractivity contribution is 6.00. The minimum absolute atomic E-state index is 0.233. The van der Waals surface area contributed by atoms with Crippen LogP contribution in [0.25, 0.3) is 0 Å². The Hall–Kier alpha value is -2.63. The summed E-state index contributed by atoms with van der Waals surface area (Å²) in [6.45, 7) is 0.412. The first-order chi connectivity index (χ1) is 9.97. The van der Waals surface area contributed by atoms with Crippen molar-refractivity contribution in [2.24, 2.45) is 5.73 Å². The lowest BCUT2D eigenvalue weighted by molar-refractivity contribution is 0.100. The van der Waals surface area contributed by atoms with E-state index in [0.717, 1.165) is 6.07 Å². The Morgan fingerprint density at radius 1 is 1.14 bits per heavy atom. The minimum Gasteiger partial charge on any atom is -0.396 e. The molecule has 0 aliphatic rings. The fourth-order valence-electron chi connectivity index (χ4n) is 2.03. The number of primary amides is 1. The van der Waals surface area contributed by atoms with Crippen molar-refractivity contribution in [3.05, 3.63) is 59.2 Å². The van der Waals surface area contributed by atoms with Crippen molar-refractivity contribution in [3.8, 4) is 0 Å². The van der Waals surface area contributed by atoms with Gasteiger partial charge in [0, 0.05) is 12.6 Å². The topological polar surface area (TPSA) is 81.1 Å². The van der Waals surface area contributed by atoms with Crippen LogP contribution in [-0.2, 0) is 6.42 Å². The highest BCUT2D eigenvalue weighted by Crippen LogP contribution is 2.22. The lowest BCUT2D eigenvalue weighted by Gasteiger charge is -2.11. The number of nitrogens with one attached hydrogen (secondary N) is 1. The van der Waals surface area contributed by atoms with E-state index in [1.54, 1.807) is 12.1 Å². The average Bonchev–Trinajstić information content (AvgIpc) is 2.39. The van der Waals surface area contributed by atoms with Gasteiger partial charge in [-0.05, 0) is 36.2 Å². The highest BCUT2D eigenvalue weighted by Gasteiger charge is 2.09. The van der Waals surface area contributed by atoms with Gasteiger partial charge in [-0.25, -0.2) is 8.78 Å². The van der Waals surface area contributed by atoms with Crippen molar-refractivity contribution < 1.29 is 13.6 Å². The predicted molar refractivity (Wildman–Crippen MR) is 77.9 cm³/mol. The minimum atomic E-state index is -0.611. The summed E-state index contributed by atoms with van der Waals surface area (Å²) in [5.74, 6) is -1.83. The number of carbonyl (C=O) groups is 1. The fourth-order valence-corrected chi connectivity index (χ4v) is 2.03. The van der Waals surface area contributed by atoms with E-state index < -0.39 is 17.5 Å². The Labute approximate surface area is 120 Å². The molecule has 1 amide bonds. The van der Waals surface area contributed by atoms with E-state index >= 15 is 0 Å². The van der Waals surface area contributed by atoms with Crippen molar-refractivity contribution in [3.63, 3.8) is 0 Å². The maximum atomic E-state index is 13.1. The number of anilines is 2. The summed E-state index contributed by atoms with van der Waals surface area (Å²) in [5.41, 5.74) is 12.6. The molecule has 0 bridgehead atoms. The predicted octanol–water partition coefficient (Wildman–Crippen LogP) is 2.30. The van der Waals surface area contributed by atoms with Gasteiger partial charge in [-0.3, -0.25) is 4.79 Å². The normalized spacial score (nSPS) is 10.4. The summed E-state index contributed by atoms with van der Waals surface area (Å²) in [4.78, 5) is 11.2. The van der Waals surface area contributed by atoms with E-state index in [1.807, 2.05) is 0 Å². The molecule has 6 heteroatoms. The summed E-state index contributed by atoms with van der Waals surface area (Å²) in [6.07, 6.45) is 0.412. The second kappa shape index (κ2) is 6.21. The van der Waals surface area contributed by atoms with E-state index in [9.17, 15) is 13.6 Å². The first-order valence-electron chi connectivity index (χ1n) is 6.34. The Morgan fingerprint density at radius 2 is 1.81 bits per heavy atom. The van der Waals surface area contributed by atoms with Crippen LogP contribution in [0.3, 0.4) is 0 Å². The van der Waals surface area contributed by atoms with E-state index in [2.05, 4.69) is 5.32 Å². The van der Waals surface area contributed by atoms with Gasteiger partial charge in [0.15, 0.2) is 0 Å². The van der Waals surface area contributed by atoms with Gasteiger partial charge in [-0.2, -0.15) is 0 Å². The molecule has 0 fully saturated rings. The van der Waals surface area contributed by atoms with Gasteiger partial charge in [0.05, 0.1) is 16.9 Å². The first-order valence-corrected chi connectivity index (χ1v) is 6.34. The number of nitrogens with two attached hydrogens (primary N) is 2. The molecule has 0 saturated heterocycles.